The van der Waals surface area contributed by atoms with Crippen LogP contribution in [-0.2, 0) is 6.42 Å². The van der Waals surface area contributed by atoms with Gasteiger partial charge in [0.25, 0.3) is 0 Å². The topological polar surface area (TPSA) is 87.9 Å². The minimum absolute atomic E-state index is 0.444. The molecule has 1 atom stereocenters. The molecule has 3 aromatic rings. The molecule has 2 aliphatic rings. The first-order valence-electron chi connectivity index (χ1n) is 13.7. The largest absolute Gasteiger partial charge is 0.384 e. The van der Waals surface area contributed by atoms with E-state index >= 15 is 0 Å². The summed E-state index contributed by atoms with van der Waals surface area (Å²) in [6, 6.07) is 13.0. The maximum Gasteiger partial charge on any atom is 0.161 e. The van der Waals surface area contributed by atoms with E-state index in [0.717, 1.165) is 30.0 Å². The lowest BCUT2D eigenvalue weighted by Gasteiger charge is -2.35. The second kappa shape index (κ2) is 11.8. The van der Waals surface area contributed by atoms with Gasteiger partial charge in [0, 0.05) is 36.7 Å². The van der Waals surface area contributed by atoms with Crippen LogP contribution in [0.2, 0.25) is 0 Å². The molecule has 1 aliphatic heterocycles. The van der Waals surface area contributed by atoms with E-state index in [0.29, 0.717) is 35.7 Å². The summed E-state index contributed by atoms with van der Waals surface area (Å²) in [4.78, 5) is 18.4. The summed E-state index contributed by atoms with van der Waals surface area (Å²) in [6.07, 6.45) is 12.0. The second-order valence-corrected chi connectivity index (χ2v) is 10.4. The number of hydrogen-bond donors (Lipinski definition) is 1. The zero-order chi connectivity index (χ0) is 27.4. The van der Waals surface area contributed by atoms with Crippen molar-refractivity contribution in [3.8, 4) is 5.82 Å². The molecule has 0 bridgehead atoms. The Kier molecular flexibility index (Phi) is 8.02. The van der Waals surface area contributed by atoms with Crippen LogP contribution in [0, 0.1) is 5.92 Å². The lowest BCUT2D eigenvalue weighted by atomic mass is 9.96. The maximum atomic E-state index is 6.32. The normalized spacial score (nSPS) is 18.7. The zero-order valence-electron chi connectivity index (χ0n) is 23.0. The van der Waals surface area contributed by atoms with Gasteiger partial charge in [-0.15, -0.1) is 0 Å². The third kappa shape index (κ3) is 5.56. The number of rotatable bonds is 9. The predicted molar refractivity (Wildman–Crippen MR) is 161 cm³/mol. The van der Waals surface area contributed by atoms with Gasteiger partial charge in [-0.2, -0.15) is 5.10 Å². The van der Waals surface area contributed by atoms with Gasteiger partial charge in [0.1, 0.15) is 11.5 Å². The van der Waals surface area contributed by atoms with Crippen molar-refractivity contribution in [1.82, 2.24) is 19.7 Å². The summed E-state index contributed by atoms with van der Waals surface area (Å²) >= 11 is 0. The van der Waals surface area contributed by atoms with Crippen molar-refractivity contribution in [2.24, 2.45) is 21.6 Å². The smallest absolute Gasteiger partial charge is 0.161 e. The average molecular weight is 523 g/mol. The molecule has 1 fully saturated rings. The molecule has 1 unspecified atom stereocenters. The molecule has 0 amide bonds. The molecule has 5 rings (SSSR count). The van der Waals surface area contributed by atoms with Crippen molar-refractivity contribution < 1.29 is 0 Å². The van der Waals surface area contributed by atoms with Gasteiger partial charge in [0.15, 0.2) is 11.6 Å². The molecule has 2 aromatic heterocycles. The van der Waals surface area contributed by atoms with Crippen LogP contribution in [0.25, 0.3) is 5.82 Å². The van der Waals surface area contributed by atoms with Gasteiger partial charge in [0.2, 0.25) is 0 Å². The first-order chi connectivity index (χ1) is 19.0. The van der Waals surface area contributed by atoms with E-state index < -0.39 is 0 Å². The van der Waals surface area contributed by atoms with Gasteiger partial charge in [0.05, 0.1) is 6.54 Å². The van der Waals surface area contributed by atoms with Crippen LogP contribution in [-0.4, -0.2) is 58.9 Å². The number of aliphatic imine (C=N–C) groups is 2. The van der Waals surface area contributed by atoms with Gasteiger partial charge in [-0.3, -0.25) is 14.9 Å². The van der Waals surface area contributed by atoms with Crippen molar-refractivity contribution in [1.29, 1.82) is 0 Å². The number of likely N-dealkylation sites (tertiary alicyclic amines) is 1. The van der Waals surface area contributed by atoms with Crippen molar-refractivity contribution in [3.05, 3.63) is 84.2 Å². The fourth-order valence-corrected chi connectivity index (χ4v) is 5.72. The predicted octanol–water partition coefficient (Wildman–Crippen LogP) is 5.56. The minimum atomic E-state index is 0.444. The van der Waals surface area contributed by atoms with Gasteiger partial charge in [-0.05, 0) is 92.9 Å². The highest BCUT2D eigenvalue weighted by molar-refractivity contribution is 5.98. The molecule has 8 nitrogen and oxygen atoms in total. The number of aryl methyl sites for hydroxylation is 1. The zero-order valence-corrected chi connectivity index (χ0v) is 23.0. The Morgan fingerprint density at radius 2 is 2.03 bits per heavy atom. The highest BCUT2D eigenvalue weighted by Crippen LogP contribution is 2.41. The molecule has 2 N–H and O–H groups in total. The van der Waals surface area contributed by atoms with E-state index in [1.807, 2.05) is 30.5 Å². The van der Waals surface area contributed by atoms with Crippen molar-refractivity contribution >= 4 is 29.7 Å². The van der Waals surface area contributed by atoms with E-state index in [1.165, 1.54) is 37.1 Å². The number of nitrogens with zero attached hydrogens (tertiary/aromatic N) is 7. The summed E-state index contributed by atoms with van der Waals surface area (Å²) in [6.45, 7) is 12.9. The number of nitrogens with two attached hydrogens (primary N) is 1. The quantitative estimate of drug-likeness (QED) is 0.226. The number of benzene rings is 1. The summed E-state index contributed by atoms with van der Waals surface area (Å²) in [7, 11) is 1.70. The van der Waals surface area contributed by atoms with Crippen molar-refractivity contribution in [2.45, 2.75) is 38.6 Å². The van der Waals surface area contributed by atoms with Crippen LogP contribution in [0.5, 0.6) is 0 Å². The monoisotopic (exact) mass is 522 g/mol. The number of amidine groups is 1. The van der Waals surface area contributed by atoms with Crippen molar-refractivity contribution in [3.63, 3.8) is 0 Å². The van der Waals surface area contributed by atoms with E-state index in [4.69, 9.17) is 10.7 Å². The van der Waals surface area contributed by atoms with Crippen LogP contribution in [0.15, 0.2) is 83.1 Å². The van der Waals surface area contributed by atoms with E-state index in [1.54, 1.807) is 24.0 Å². The van der Waals surface area contributed by atoms with Gasteiger partial charge >= 0.3 is 0 Å². The Morgan fingerprint density at radius 1 is 1.21 bits per heavy atom. The molecule has 0 saturated carbocycles. The molecule has 1 aromatic carbocycles. The second-order valence-electron chi connectivity index (χ2n) is 10.4. The Hall–Kier alpha value is -4.04. The SMILES string of the molecule is C=C/C=C(/CN(c1ccc2c(c1)CCC2N1CCC(C)CC1)c1nc(-n2cccn2)ccc1N=C)C(N)=NC. The number of aromatic nitrogens is 3. The molecule has 0 spiro atoms. The first kappa shape index (κ1) is 26.6. The molecule has 1 aliphatic carbocycles. The Labute approximate surface area is 231 Å². The summed E-state index contributed by atoms with van der Waals surface area (Å²) in [5, 5.41) is 4.37. The maximum absolute atomic E-state index is 6.32. The van der Waals surface area contributed by atoms with E-state index in [9.17, 15) is 0 Å². The first-order valence-corrected chi connectivity index (χ1v) is 13.7. The molecule has 39 heavy (non-hydrogen) atoms. The molecule has 0 radical (unpaired) electrons. The van der Waals surface area contributed by atoms with Crippen LogP contribution in [0.3, 0.4) is 0 Å². The number of hydrogen-bond acceptors (Lipinski definition) is 6. The standard InChI is InChI=1S/C31H38N8/c1-5-7-24(30(32)34-4)21-38(31-27(33-3)11-13-29(36-31)39-17-6-16-35-39)25-9-10-26-23(20-25)8-12-28(26)37-18-14-22(2)15-19-37/h5-7,9-11,13,16-17,20,22,28H,1,3,8,12,14-15,18-19,21H2,2,4H3,(H2,32,34)/b24-7-. The highest BCUT2D eigenvalue weighted by atomic mass is 15.3. The summed E-state index contributed by atoms with van der Waals surface area (Å²) in [5.74, 6) is 2.65. The Balaban J connectivity index is 1.57. The lowest BCUT2D eigenvalue weighted by molar-refractivity contribution is 0.137. The highest BCUT2D eigenvalue weighted by Gasteiger charge is 2.31. The van der Waals surface area contributed by atoms with Gasteiger partial charge in [-0.25, -0.2) is 9.67 Å². The lowest BCUT2D eigenvalue weighted by Crippen LogP contribution is -2.35. The fraction of sp³-hybridized carbons (Fsp3) is 0.355. The Morgan fingerprint density at radius 3 is 2.72 bits per heavy atom. The van der Waals surface area contributed by atoms with Crippen LogP contribution in [0.1, 0.15) is 43.4 Å². The van der Waals surface area contributed by atoms with Crippen LogP contribution >= 0.6 is 0 Å². The minimum Gasteiger partial charge on any atom is -0.384 e. The molecule has 8 heteroatoms. The third-order valence-corrected chi connectivity index (χ3v) is 7.97. The third-order valence-electron chi connectivity index (χ3n) is 7.97. The van der Waals surface area contributed by atoms with E-state index in [2.05, 4.69) is 63.3 Å². The number of pyridine rings is 1. The molecular weight excluding hydrogens is 484 g/mol. The van der Waals surface area contributed by atoms with Gasteiger partial charge in [-0.1, -0.05) is 31.7 Å². The molecular formula is C31H38N8. The molecule has 202 valence electrons. The van der Waals surface area contributed by atoms with Crippen LogP contribution < -0.4 is 10.6 Å². The van der Waals surface area contributed by atoms with Crippen molar-refractivity contribution in [2.75, 3.05) is 31.6 Å². The summed E-state index contributed by atoms with van der Waals surface area (Å²) in [5.41, 5.74) is 11.7. The Bertz CT molecular complexity index is 1380. The summed E-state index contributed by atoms with van der Waals surface area (Å²) < 4.78 is 1.74. The van der Waals surface area contributed by atoms with Gasteiger partial charge < -0.3 is 10.6 Å². The fourth-order valence-electron chi connectivity index (χ4n) is 5.72. The number of anilines is 2. The van der Waals surface area contributed by atoms with Crippen LogP contribution in [0.4, 0.5) is 17.2 Å². The number of piperidine rings is 1. The number of fused-ring (bicyclic) bond motifs is 1. The molecule has 1 saturated heterocycles. The van der Waals surface area contributed by atoms with E-state index in [-0.39, 0.29) is 0 Å². The number of allylic oxidation sites excluding steroid dienone is 2. The molecule has 3 heterocycles. The average Bonchev–Trinajstić information content (AvgIpc) is 3.65.